The Morgan fingerprint density at radius 2 is 2.04 bits per heavy atom. The number of guanidine groups is 1. The van der Waals surface area contributed by atoms with E-state index in [1.807, 2.05) is 29.1 Å². The number of aromatic nitrogens is 2. The lowest BCUT2D eigenvalue weighted by molar-refractivity contribution is 0.151. The van der Waals surface area contributed by atoms with Crippen molar-refractivity contribution in [3.63, 3.8) is 0 Å². The molecule has 0 radical (unpaired) electrons. The second-order valence-electron chi connectivity index (χ2n) is 7.64. The highest BCUT2D eigenvalue weighted by atomic mass is 127. The van der Waals surface area contributed by atoms with Gasteiger partial charge >= 0.3 is 0 Å². The summed E-state index contributed by atoms with van der Waals surface area (Å²) < 4.78 is 1.94. The highest BCUT2D eigenvalue weighted by Crippen LogP contribution is 2.47. The van der Waals surface area contributed by atoms with Crippen LogP contribution in [-0.2, 0) is 6.42 Å². The third-order valence-corrected chi connectivity index (χ3v) is 5.81. The number of hydrogen-bond donors (Lipinski definition) is 1. The Hall–Kier alpha value is -1.57. The van der Waals surface area contributed by atoms with Crippen molar-refractivity contribution < 1.29 is 0 Å². The maximum atomic E-state index is 4.89. The molecule has 1 saturated heterocycles. The third kappa shape index (κ3) is 4.65. The standard InChI is InChI=1S/C21H29N5.HI/c1-2-22-20(25-14-12-21(17-25)10-6-11-21)23-13-9-18-15-24-26(16-18)19-7-4-3-5-8-19;/h3-5,7-8,15-16H,2,6,9-14,17H2,1H3,(H,22,23);1H. The molecule has 5 nitrogen and oxygen atoms in total. The van der Waals surface area contributed by atoms with Crippen LogP contribution in [0.4, 0.5) is 0 Å². The minimum absolute atomic E-state index is 0. The lowest BCUT2D eigenvalue weighted by atomic mass is 9.68. The number of halogens is 1. The average Bonchev–Trinajstić information content (AvgIpc) is 3.29. The van der Waals surface area contributed by atoms with Crippen LogP contribution in [-0.4, -0.2) is 46.8 Å². The normalized spacial score (nSPS) is 18.3. The summed E-state index contributed by atoms with van der Waals surface area (Å²) in [5.74, 6) is 1.09. The summed E-state index contributed by atoms with van der Waals surface area (Å²) in [5.41, 5.74) is 2.93. The zero-order valence-electron chi connectivity index (χ0n) is 16.1. The number of para-hydroxylation sites is 1. The molecule has 2 aromatic rings. The van der Waals surface area contributed by atoms with Gasteiger partial charge in [-0.05, 0) is 55.7 Å². The van der Waals surface area contributed by atoms with Crippen LogP contribution in [0.2, 0.25) is 0 Å². The number of hydrogen-bond acceptors (Lipinski definition) is 2. The molecule has 1 spiro atoms. The van der Waals surface area contributed by atoms with Crippen LogP contribution in [0.15, 0.2) is 47.7 Å². The first-order valence-electron chi connectivity index (χ1n) is 9.90. The number of aliphatic imine (C=N–C) groups is 1. The van der Waals surface area contributed by atoms with Crippen LogP contribution in [0.5, 0.6) is 0 Å². The summed E-state index contributed by atoms with van der Waals surface area (Å²) in [5, 5.41) is 7.96. The van der Waals surface area contributed by atoms with Crippen molar-refractivity contribution in [2.45, 2.75) is 39.0 Å². The van der Waals surface area contributed by atoms with Gasteiger partial charge < -0.3 is 10.2 Å². The summed E-state index contributed by atoms with van der Waals surface area (Å²) in [6, 6.07) is 10.2. The first-order valence-corrected chi connectivity index (χ1v) is 9.90. The molecule has 0 amide bonds. The van der Waals surface area contributed by atoms with Gasteiger partial charge in [0.1, 0.15) is 0 Å². The molecule has 0 bridgehead atoms. The van der Waals surface area contributed by atoms with Crippen molar-refractivity contribution in [3.05, 3.63) is 48.3 Å². The SMILES string of the molecule is CCNC(=NCCc1cnn(-c2ccccc2)c1)N1CCC2(CCC2)C1.I. The first-order chi connectivity index (χ1) is 12.8. The predicted octanol–water partition coefficient (Wildman–Crippen LogP) is 3.87. The third-order valence-electron chi connectivity index (χ3n) is 5.81. The largest absolute Gasteiger partial charge is 0.357 e. The molecule has 146 valence electrons. The second kappa shape index (κ2) is 9.08. The molecule has 4 rings (SSSR count). The molecular weight excluding hydrogens is 449 g/mol. The zero-order valence-corrected chi connectivity index (χ0v) is 18.4. The van der Waals surface area contributed by atoms with E-state index in [-0.39, 0.29) is 24.0 Å². The Balaban J connectivity index is 0.00000210. The number of nitrogens with zero attached hydrogens (tertiary/aromatic N) is 4. The fourth-order valence-corrected chi connectivity index (χ4v) is 4.13. The minimum Gasteiger partial charge on any atom is -0.357 e. The van der Waals surface area contributed by atoms with E-state index in [9.17, 15) is 0 Å². The van der Waals surface area contributed by atoms with Gasteiger partial charge in [-0.15, -0.1) is 24.0 Å². The topological polar surface area (TPSA) is 45.5 Å². The van der Waals surface area contributed by atoms with E-state index in [4.69, 9.17) is 4.99 Å². The summed E-state index contributed by atoms with van der Waals surface area (Å²) in [7, 11) is 0. The highest BCUT2D eigenvalue weighted by molar-refractivity contribution is 14.0. The van der Waals surface area contributed by atoms with E-state index in [0.717, 1.165) is 37.7 Å². The van der Waals surface area contributed by atoms with Gasteiger partial charge in [0.25, 0.3) is 0 Å². The van der Waals surface area contributed by atoms with Crippen LogP contribution in [0.3, 0.4) is 0 Å². The van der Waals surface area contributed by atoms with E-state index in [1.54, 1.807) is 0 Å². The smallest absolute Gasteiger partial charge is 0.193 e. The molecule has 2 heterocycles. The second-order valence-corrected chi connectivity index (χ2v) is 7.64. The Labute approximate surface area is 179 Å². The van der Waals surface area contributed by atoms with Crippen LogP contribution in [0, 0.1) is 5.41 Å². The fraction of sp³-hybridized carbons (Fsp3) is 0.524. The highest BCUT2D eigenvalue weighted by Gasteiger charge is 2.43. The van der Waals surface area contributed by atoms with E-state index >= 15 is 0 Å². The van der Waals surface area contributed by atoms with E-state index in [2.05, 4.69) is 40.6 Å². The minimum atomic E-state index is 0. The molecule has 0 atom stereocenters. The molecule has 1 aliphatic carbocycles. The Kier molecular flexibility index (Phi) is 6.78. The maximum Gasteiger partial charge on any atom is 0.193 e. The first kappa shape index (κ1) is 20.2. The molecule has 1 aromatic carbocycles. The summed E-state index contributed by atoms with van der Waals surface area (Å²) in [6.45, 7) is 6.21. The lowest BCUT2D eigenvalue weighted by Crippen LogP contribution is -2.42. The Morgan fingerprint density at radius 1 is 1.22 bits per heavy atom. The van der Waals surface area contributed by atoms with Gasteiger partial charge in [0.2, 0.25) is 0 Å². The van der Waals surface area contributed by atoms with Crippen LogP contribution < -0.4 is 5.32 Å². The molecule has 1 N–H and O–H groups in total. The van der Waals surface area contributed by atoms with Gasteiger partial charge in [0.05, 0.1) is 11.9 Å². The van der Waals surface area contributed by atoms with Crippen molar-refractivity contribution in [2.24, 2.45) is 10.4 Å². The van der Waals surface area contributed by atoms with Gasteiger partial charge in [-0.3, -0.25) is 4.99 Å². The fourth-order valence-electron chi connectivity index (χ4n) is 4.13. The Morgan fingerprint density at radius 3 is 2.70 bits per heavy atom. The van der Waals surface area contributed by atoms with Gasteiger partial charge in [0.15, 0.2) is 5.96 Å². The van der Waals surface area contributed by atoms with Crippen molar-refractivity contribution >= 4 is 29.9 Å². The number of benzene rings is 1. The van der Waals surface area contributed by atoms with Crippen molar-refractivity contribution in [1.29, 1.82) is 0 Å². The van der Waals surface area contributed by atoms with E-state index < -0.39 is 0 Å². The van der Waals surface area contributed by atoms with Gasteiger partial charge in [-0.2, -0.15) is 5.10 Å². The molecule has 1 aromatic heterocycles. The number of nitrogens with one attached hydrogen (secondary N) is 1. The molecule has 0 unspecified atom stereocenters. The maximum absolute atomic E-state index is 4.89. The molecular formula is C21H30IN5. The molecule has 6 heteroatoms. The quantitative estimate of drug-likeness (QED) is 0.403. The van der Waals surface area contributed by atoms with Crippen molar-refractivity contribution in [2.75, 3.05) is 26.2 Å². The lowest BCUT2D eigenvalue weighted by Gasteiger charge is -2.38. The van der Waals surface area contributed by atoms with Crippen LogP contribution in [0.1, 0.15) is 38.2 Å². The van der Waals surface area contributed by atoms with Gasteiger partial charge in [0, 0.05) is 32.4 Å². The summed E-state index contributed by atoms with van der Waals surface area (Å²) >= 11 is 0. The van der Waals surface area contributed by atoms with E-state index in [0.29, 0.717) is 5.41 Å². The molecule has 1 aliphatic heterocycles. The van der Waals surface area contributed by atoms with Gasteiger partial charge in [-0.25, -0.2) is 4.68 Å². The monoisotopic (exact) mass is 479 g/mol. The molecule has 1 saturated carbocycles. The zero-order chi connectivity index (χ0) is 17.8. The van der Waals surface area contributed by atoms with Crippen molar-refractivity contribution in [1.82, 2.24) is 20.0 Å². The number of rotatable bonds is 5. The van der Waals surface area contributed by atoms with E-state index in [1.165, 1.54) is 37.8 Å². The summed E-state index contributed by atoms with van der Waals surface area (Å²) in [4.78, 5) is 7.36. The number of likely N-dealkylation sites (tertiary alicyclic amines) is 1. The van der Waals surface area contributed by atoms with Crippen LogP contribution >= 0.6 is 24.0 Å². The van der Waals surface area contributed by atoms with Crippen molar-refractivity contribution in [3.8, 4) is 5.69 Å². The van der Waals surface area contributed by atoms with Gasteiger partial charge in [-0.1, -0.05) is 24.6 Å². The summed E-state index contributed by atoms with van der Waals surface area (Å²) in [6.07, 6.45) is 10.5. The average molecular weight is 479 g/mol. The Bertz CT molecular complexity index is 751. The van der Waals surface area contributed by atoms with Crippen LogP contribution in [0.25, 0.3) is 5.69 Å². The molecule has 2 aliphatic rings. The molecule has 2 fully saturated rings. The predicted molar refractivity (Wildman–Crippen MR) is 121 cm³/mol. The molecule has 27 heavy (non-hydrogen) atoms.